The number of pyridine rings is 1. The van der Waals surface area contributed by atoms with Gasteiger partial charge >= 0.3 is 6.01 Å². The van der Waals surface area contributed by atoms with Crippen molar-refractivity contribution in [3.05, 3.63) is 41.4 Å². The fourth-order valence-corrected chi connectivity index (χ4v) is 7.88. The van der Waals surface area contributed by atoms with Gasteiger partial charge in [-0.25, -0.2) is 18.0 Å². The molecule has 0 radical (unpaired) electrons. The average molecular weight is 609 g/mol. The van der Waals surface area contributed by atoms with Crippen LogP contribution in [-0.2, 0) is 0 Å². The van der Waals surface area contributed by atoms with E-state index >= 15 is 4.39 Å². The molecule has 0 saturated carbocycles. The molecule has 9 nitrogen and oxygen atoms in total. The smallest absolute Gasteiger partial charge is 0.319 e. The molecule has 3 saturated heterocycles. The summed E-state index contributed by atoms with van der Waals surface area (Å²) in [6.45, 7) is 14.5. The van der Waals surface area contributed by atoms with Gasteiger partial charge in [0.05, 0.1) is 27.2 Å². The summed E-state index contributed by atoms with van der Waals surface area (Å²) >= 11 is 0.948. The van der Waals surface area contributed by atoms with Crippen LogP contribution < -0.4 is 20.7 Å². The number of ether oxygens (including phenoxy) is 1. The molecule has 0 spiro atoms. The maximum Gasteiger partial charge on any atom is 0.319 e. The molecule has 6 heterocycles. The Morgan fingerprint density at radius 1 is 1.26 bits per heavy atom. The first kappa shape index (κ1) is 28.1. The Morgan fingerprint density at radius 2 is 2.09 bits per heavy atom. The Kier molecular flexibility index (Phi) is 6.83. The molecule has 0 bridgehead atoms. The molecule has 3 aliphatic heterocycles. The maximum absolute atomic E-state index is 16.6. The van der Waals surface area contributed by atoms with Gasteiger partial charge in [-0.2, -0.15) is 9.97 Å². The summed E-state index contributed by atoms with van der Waals surface area (Å²) in [5.74, 6) is -0.780. The maximum atomic E-state index is 16.6. The molecule has 3 aromatic heterocycles. The molecule has 0 unspecified atom stereocenters. The zero-order chi connectivity index (χ0) is 30.0. The summed E-state index contributed by atoms with van der Waals surface area (Å²) in [4.78, 5) is 21.5. The van der Waals surface area contributed by atoms with Gasteiger partial charge in [0, 0.05) is 55.3 Å². The second-order valence-corrected chi connectivity index (χ2v) is 13.0. The number of nitrogens with zero attached hydrogens (tertiary/aromatic N) is 6. The number of nitrogens with two attached hydrogens (primary N) is 1. The summed E-state index contributed by atoms with van der Waals surface area (Å²) in [6.07, 6.45) is 2.78. The van der Waals surface area contributed by atoms with Crippen molar-refractivity contribution in [3.8, 4) is 17.3 Å². The van der Waals surface area contributed by atoms with Gasteiger partial charge in [-0.15, -0.1) is 11.3 Å². The van der Waals surface area contributed by atoms with Gasteiger partial charge in [0.15, 0.2) is 5.82 Å². The van der Waals surface area contributed by atoms with Crippen molar-refractivity contribution in [2.24, 2.45) is 0 Å². The zero-order valence-electron chi connectivity index (χ0n) is 23.8. The lowest BCUT2D eigenvalue weighted by Crippen LogP contribution is -2.54. The van der Waals surface area contributed by atoms with Gasteiger partial charge in [-0.1, -0.05) is 6.07 Å². The van der Waals surface area contributed by atoms with Crippen LogP contribution in [-0.4, -0.2) is 76.4 Å². The number of fused-ring (bicyclic) bond motifs is 3. The SMILES string of the molecule is [C-]#[N+]c1c(N)sc2c(F)ccc(-c3ncc4c(N5C[C@@H](C)NC[C@@H]5C)nc(OC[C@@]56CCCN5C[C@H](F)C6)nc4c3F)c12. The van der Waals surface area contributed by atoms with Crippen LogP contribution >= 0.6 is 11.3 Å². The largest absolute Gasteiger partial charge is 0.461 e. The van der Waals surface area contributed by atoms with E-state index in [9.17, 15) is 8.78 Å². The minimum Gasteiger partial charge on any atom is -0.461 e. The van der Waals surface area contributed by atoms with E-state index in [0.29, 0.717) is 37.3 Å². The number of rotatable bonds is 5. The first-order valence-corrected chi connectivity index (χ1v) is 15.3. The number of nitrogens with one attached hydrogen (secondary N) is 1. The van der Waals surface area contributed by atoms with Gasteiger partial charge in [0.1, 0.15) is 35.6 Å². The predicted molar refractivity (Wildman–Crippen MR) is 162 cm³/mol. The summed E-state index contributed by atoms with van der Waals surface area (Å²) in [6, 6.07) is 2.85. The summed E-state index contributed by atoms with van der Waals surface area (Å²) in [5, 5.41) is 4.24. The Bertz CT molecular complexity index is 1790. The molecular weight excluding hydrogens is 577 g/mol. The van der Waals surface area contributed by atoms with E-state index in [0.717, 1.165) is 30.7 Å². The van der Waals surface area contributed by atoms with Gasteiger partial charge in [0.2, 0.25) is 5.69 Å². The standard InChI is InChI=1S/C30H31F3N8OS/c1-15-12-41(16(2)10-36-15)28-19-11-37-23(18-5-6-20(32)26-21(18)25(35-3)27(34)43-26)22(33)24(19)38-29(39-28)42-14-30-7-4-8-40(30)13-17(31)9-30/h5-6,11,15-17,36H,4,7-10,12-14,34H2,1-2H3/t15-,16+,17-,30+/m1/s1. The van der Waals surface area contributed by atoms with E-state index < -0.39 is 23.3 Å². The quantitative estimate of drug-likeness (QED) is 0.289. The number of hydrogen-bond donors (Lipinski definition) is 2. The van der Waals surface area contributed by atoms with E-state index in [1.165, 1.54) is 18.3 Å². The number of aromatic nitrogens is 3. The average Bonchev–Trinajstić information content (AvgIpc) is 3.63. The third-order valence-corrected chi connectivity index (χ3v) is 10.1. The molecule has 0 amide bonds. The molecular formula is C30H31F3N8OS. The van der Waals surface area contributed by atoms with Crippen LogP contribution in [0.4, 0.5) is 29.7 Å². The van der Waals surface area contributed by atoms with E-state index in [-0.39, 0.29) is 62.2 Å². The summed E-state index contributed by atoms with van der Waals surface area (Å²) in [5.41, 5.74) is 5.85. The van der Waals surface area contributed by atoms with E-state index in [4.69, 9.17) is 22.0 Å². The minimum absolute atomic E-state index is 0.00370. The lowest BCUT2D eigenvalue weighted by atomic mass is 9.95. The van der Waals surface area contributed by atoms with Crippen molar-refractivity contribution in [3.63, 3.8) is 0 Å². The van der Waals surface area contributed by atoms with E-state index in [1.807, 2.05) is 0 Å². The Hall–Kier alpha value is -3.73. The Balaban J connectivity index is 1.38. The topological polar surface area (TPSA) is 96.8 Å². The molecule has 4 atom stereocenters. The van der Waals surface area contributed by atoms with Crippen LogP contribution in [0.5, 0.6) is 6.01 Å². The molecule has 3 fully saturated rings. The molecule has 3 N–H and O–H groups in total. The van der Waals surface area contributed by atoms with Crippen molar-refractivity contribution < 1.29 is 17.9 Å². The number of hydrogen-bond acceptors (Lipinski definition) is 9. The highest BCUT2D eigenvalue weighted by Gasteiger charge is 2.49. The number of thiophene rings is 1. The monoisotopic (exact) mass is 608 g/mol. The molecule has 43 heavy (non-hydrogen) atoms. The van der Waals surface area contributed by atoms with Crippen LogP contribution in [0, 0.1) is 18.2 Å². The lowest BCUT2D eigenvalue weighted by molar-refractivity contribution is 0.107. The third-order valence-electron chi connectivity index (χ3n) is 9.07. The van der Waals surface area contributed by atoms with Crippen LogP contribution in [0.3, 0.4) is 0 Å². The zero-order valence-corrected chi connectivity index (χ0v) is 24.6. The van der Waals surface area contributed by atoms with Crippen molar-refractivity contribution in [1.82, 2.24) is 25.2 Å². The van der Waals surface area contributed by atoms with Crippen LogP contribution in [0.1, 0.15) is 33.1 Å². The number of anilines is 2. The summed E-state index contributed by atoms with van der Waals surface area (Å²) in [7, 11) is 0. The van der Waals surface area contributed by atoms with Crippen LogP contribution in [0.15, 0.2) is 18.3 Å². The molecule has 224 valence electrons. The van der Waals surface area contributed by atoms with E-state index in [1.54, 1.807) is 0 Å². The van der Waals surface area contributed by atoms with Crippen LogP contribution in [0.2, 0.25) is 0 Å². The summed E-state index contributed by atoms with van der Waals surface area (Å²) < 4.78 is 52.2. The fourth-order valence-electron chi connectivity index (χ4n) is 6.94. The molecule has 1 aromatic carbocycles. The van der Waals surface area contributed by atoms with Crippen molar-refractivity contribution in [2.45, 2.75) is 56.9 Å². The molecule has 3 aliphatic rings. The third kappa shape index (κ3) is 4.54. The minimum atomic E-state index is -0.912. The number of nitrogen functional groups attached to an aromatic ring is 1. The molecule has 7 rings (SSSR count). The van der Waals surface area contributed by atoms with Gasteiger partial charge in [-0.05, 0) is 39.3 Å². The number of benzene rings is 1. The number of piperazine rings is 1. The first-order chi connectivity index (χ1) is 20.7. The Labute approximate surface area is 250 Å². The van der Waals surface area contributed by atoms with Gasteiger partial charge in [0.25, 0.3) is 0 Å². The molecule has 0 aliphatic carbocycles. The number of halogens is 3. The normalized spacial score (nSPS) is 25.9. The first-order valence-electron chi connectivity index (χ1n) is 14.5. The second-order valence-electron chi connectivity index (χ2n) is 11.9. The lowest BCUT2D eigenvalue weighted by Gasteiger charge is -2.39. The van der Waals surface area contributed by atoms with Gasteiger partial charge in [-0.3, -0.25) is 9.88 Å². The van der Waals surface area contributed by atoms with E-state index in [2.05, 4.69) is 43.8 Å². The number of alkyl halides is 1. The highest BCUT2D eigenvalue weighted by molar-refractivity contribution is 7.23. The van der Waals surface area contributed by atoms with Crippen LogP contribution in [0.25, 0.3) is 37.1 Å². The predicted octanol–water partition coefficient (Wildman–Crippen LogP) is 5.46. The fraction of sp³-hybridized carbons (Fsp3) is 0.467. The highest BCUT2D eigenvalue weighted by Crippen LogP contribution is 2.47. The second kappa shape index (κ2) is 10.5. The van der Waals surface area contributed by atoms with Gasteiger partial charge < -0.3 is 20.7 Å². The van der Waals surface area contributed by atoms with Crippen molar-refractivity contribution in [2.75, 3.05) is 43.4 Å². The highest BCUT2D eigenvalue weighted by atomic mass is 32.1. The van der Waals surface area contributed by atoms with Crippen molar-refractivity contribution >= 4 is 48.8 Å². The Morgan fingerprint density at radius 3 is 2.91 bits per heavy atom. The molecule has 4 aromatic rings. The van der Waals surface area contributed by atoms with Crippen molar-refractivity contribution in [1.29, 1.82) is 0 Å². The molecule has 13 heteroatoms.